The molecule has 1 amide bonds. The molecule has 1 aliphatic rings. The Hall–Kier alpha value is -2.47. The number of thioether (sulfide) groups is 1. The molecule has 6 heteroatoms. The summed E-state index contributed by atoms with van der Waals surface area (Å²) in [5.41, 5.74) is 4.57. The summed E-state index contributed by atoms with van der Waals surface area (Å²) in [5, 5.41) is 9.30. The molecule has 0 heterocycles. The third-order valence-electron chi connectivity index (χ3n) is 4.70. The first-order valence-corrected chi connectivity index (χ1v) is 9.73. The molecule has 0 spiro atoms. The molecule has 0 aliphatic heterocycles. The van der Waals surface area contributed by atoms with Crippen molar-refractivity contribution < 1.29 is 19.4 Å². The van der Waals surface area contributed by atoms with Crippen molar-refractivity contribution in [2.24, 2.45) is 0 Å². The van der Waals surface area contributed by atoms with Crippen LogP contribution >= 0.6 is 11.8 Å². The molecule has 2 aromatic carbocycles. The number of carboxylic acids is 1. The van der Waals surface area contributed by atoms with Gasteiger partial charge in [0.2, 0.25) is 0 Å². The molecule has 3 rings (SSSR count). The quantitative estimate of drug-likeness (QED) is 0.839. The number of carbonyl (C=O) groups excluding carboxylic acids is 1. The standard InChI is InChI=1S/C20H21NO4S/c1-21(18(12-26-2)19(22)23)20(24)25-11-17-15-9-5-3-7-13(15)14-8-4-6-10-16(14)17/h3-10,17-18H,11-12H2,1-2H3,(H,22,23). The Balaban J connectivity index is 1.75. The predicted octanol–water partition coefficient (Wildman–Crippen LogP) is 3.68. The van der Waals surface area contributed by atoms with Gasteiger partial charge in [0.25, 0.3) is 0 Å². The van der Waals surface area contributed by atoms with Gasteiger partial charge in [0, 0.05) is 18.7 Å². The minimum Gasteiger partial charge on any atom is -0.480 e. The lowest BCUT2D eigenvalue weighted by Crippen LogP contribution is -2.44. The summed E-state index contributed by atoms with van der Waals surface area (Å²) in [6.45, 7) is 0.183. The van der Waals surface area contributed by atoms with Crippen LogP contribution in [-0.2, 0) is 9.53 Å². The Labute approximate surface area is 157 Å². The van der Waals surface area contributed by atoms with Crippen LogP contribution in [0.1, 0.15) is 17.0 Å². The molecule has 0 bridgehead atoms. The maximum absolute atomic E-state index is 12.4. The zero-order chi connectivity index (χ0) is 18.7. The number of hydrogen-bond donors (Lipinski definition) is 1. The highest BCUT2D eigenvalue weighted by Crippen LogP contribution is 2.44. The van der Waals surface area contributed by atoms with Crippen molar-refractivity contribution in [1.29, 1.82) is 0 Å². The number of amides is 1. The maximum Gasteiger partial charge on any atom is 0.410 e. The largest absolute Gasteiger partial charge is 0.480 e. The van der Waals surface area contributed by atoms with E-state index < -0.39 is 18.1 Å². The van der Waals surface area contributed by atoms with E-state index >= 15 is 0 Å². The van der Waals surface area contributed by atoms with E-state index in [4.69, 9.17) is 4.74 Å². The number of hydrogen-bond acceptors (Lipinski definition) is 4. The van der Waals surface area contributed by atoms with Gasteiger partial charge in [-0.15, -0.1) is 0 Å². The van der Waals surface area contributed by atoms with Crippen LogP contribution in [0.15, 0.2) is 48.5 Å². The lowest BCUT2D eigenvalue weighted by molar-refractivity contribution is -0.141. The van der Waals surface area contributed by atoms with Crippen molar-refractivity contribution in [2.45, 2.75) is 12.0 Å². The van der Waals surface area contributed by atoms with Crippen LogP contribution in [0.25, 0.3) is 11.1 Å². The lowest BCUT2D eigenvalue weighted by atomic mass is 9.98. The SMILES string of the molecule is CSCC(C(=O)O)N(C)C(=O)OCC1c2ccccc2-c2ccccc21. The average molecular weight is 371 g/mol. The monoisotopic (exact) mass is 371 g/mol. The first-order valence-electron chi connectivity index (χ1n) is 8.34. The summed E-state index contributed by atoms with van der Waals surface area (Å²) in [6, 6.07) is 15.3. The molecule has 5 nitrogen and oxygen atoms in total. The van der Waals surface area contributed by atoms with Crippen LogP contribution in [0.5, 0.6) is 0 Å². The van der Waals surface area contributed by atoms with E-state index in [-0.39, 0.29) is 12.5 Å². The molecule has 1 atom stereocenters. The molecule has 0 fully saturated rings. The molecule has 2 aromatic rings. The van der Waals surface area contributed by atoms with Crippen molar-refractivity contribution in [1.82, 2.24) is 4.90 Å². The summed E-state index contributed by atoms with van der Waals surface area (Å²) in [4.78, 5) is 24.9. The van der Waals surface area contributed by atoms with E-state index in [2.05, 4.69) is 12.1 Å². The second-order valence-corrected chi connectivity index (χ2v) is 7.13. The fourth-order valence-electron chi connectivity index (χ4n) is 3.33. The normalized spacial score (nSPS) is 13.6. The topological polar surface area (TPSA) is 66.8 Å². The number of nitrogens with zero attached hydrogens (tertiary/aromatic N) is 1. The number of benzene rings is 2. The molecule has 1 unspecified atom stereocenters. The second-order valence-electron chi connectivity index (χ2n) is 6.22. The van der Waals surface area contributed by atoms with Gasteiger partial charge in [-0.1, -0.05) is 48.5 Å². The Bertz CT molecular complexity index is 777. The third kappa shape index (κ3) is 3.42. The van der Waals surface area contributed by atoms with E-state index in [9.17, 15) is 14.7 Å². The van der Waals surface area contributed by atoms with Gasteiger partial charge in [-0.05, 0) is 28.5 Å². The summed E-state index contributed by atoms with van der Waals surface area (Å²) in [7, 11) is 1.47. The number of aliphatic carboxylic acids is 1. The van der Waals surface area contributed by atoms with Crippen molar-refractivity contribution in [2.75, 3.05) is 25.7 Å². The third-order valence-corrected chi connectivity index (χ3v) is 5.35. The molecule has 0 saturated carbocycles. The lowest BCUT2D eigenvalue weighted by Gasteiger charge is -2.24. The van der Waals surface area contributed by atoms with Gasteiger partial charge in [0.1, 0.15) is 12.6 Å². The predicted molar refractivity (Wildman–Crippen MR) is 103 cm³/mol. The fraction of sp³-hybridized carbons (Fsp3) is 0.300. The van der Waals surface area contributed by atoms with Crippen LogP contribution in [0.2, 0.25) is 0 Å². The summed E-state index contributed by atoms with van der Waals surface area (Å²) >= 11 is 1.38. The number of carboxylic acid groups (broad SMARTS) is 1. The minimum absolute atomic E-state index is 0.0384. The van der Waals surface area contributed by atoms with Crippen molar-refractivity contribution in [3.63, 3.8) is 0 Å². The Morgan fingerprint density at radius 3 is 2.15 bits per heavy atom. The van der Waals surface area contributed by atoms with E-state index in [1.54, 1.807) is 0 Å². The molecule has 0 saturated heterocycles. The summed E-state index contributed by atoms with van der Waals surface area (Å²) in [5.74, 6) is -0.755. The van der Waals surface area contributed by atoms with Crippen LogP contribution in [0.4, 0.5) is 4.79 Å². The summed E-state index contributed by atoms with van der Waals surface area (Å²) in [6.07, 6.45) is 1.19. The molecule has 26 heavy (non-hydrogen) atoms. The van der Waals surface area contributed by atoms with E-state index in [0.717, 1.165) is 27.2 Å². The van der Waals surface area contributed by atoms with Crippen molar-refractivity contribution >= 4 is 23.8 Å². The Morgan fingerprint density at radius 1 is 1.12 bits per heavy atom. The number of likely N-dealkylation sites (N-methyl/N-ethyl adjacent to an activating group) is 1. The highest BCUT2D eigenvalue weighted by atomic mass is 32.2. The van der Waals surface area contributed by atoms with E-state index in [1.165, 1.54) is 18.8 Å². The maximum atomic E-state index is 12.4. The molecule has 0 aromatic heterocycles. The molecule has 0 radical (unpaired) electrons. The molecular weight excluding hydrogens is 350 g/mol. The van der Waals surface area contributed by atoms with Crippen molar-refractivity contribution in [3.05, 3.63) is 59.7 Å². The number of carbonyl (C=O) groups is 2. The Morgan fingerprint density at radius 2 is 1.65 bits per heavy atom. The van der Waals surface area contributed by atoms with Gasteiger partial charge in [0.05, 0.1) is 0 Å². The number of fused-ring (bicyclic) bond motifs is 3. The van der Waals surface area contributed by atoms with Crippen molar-refractivity contribution in [3.8, 4) is 11.1 Å². The van der Waals surface area contributed by atoms with Crippen LogP contribution in [0.3, 0.4) is 0 Å². The highest BCUT2D eigenvalue weighted by molar-refractivity contribution is 7.98. The molecule has 1 N–H and O–H groups in total. The number of rotatable bonds is 6. The van der Waals surface area contributed by atoms with Crippen LogP contribution in [0, 0.1) is 0 Å². The summed E-state index contributed by atoms with van der Waals surface area (Å²) < 4.78 is 5.49. The molecule has 136 valence electrons. The average Bonchev–Trinajstić information content (AvgIpc) is 2.97. The first-order chi connectivity index (χ1) is 12.5. The molecule has 1 aliphatic carbocycles. The van der Waals surface area contributed by atoms with Gasteiger partial charge in [0.15, 0.2) is 0 Å². The molecular formula is C20H21NO4S. The van der Waals surface area contributed by atoms with Gasteiger partial charge < -0.3 is 9.84 Å². The van der Waals surface area contributed by atoms with Gasteiger partial charge in [-0.3, -0.25) is 4.90 Å². The van der Waals surface area contributed by atoms with E-state index in [0.29, 0.717) is 5.75 Å². The first kappa shape index (κ1) is 18.3. The van der Waals surface area contributed by atoms with Crippen LogP contribution < -0.4 is 0 Å². The number of ether oxygens (including phenoxy) is 1. The smallest absolute Gasteiger partial charge is 0.410 e. The zero-order valence-corrected chi connectivity index (χ0v) is 15.5. The highest BCUT2D eigenvalue weighted by Gasteiger charge is 2.31. The van der Waals surface area contributed by atoms with Gasteiger partial charge in [-0.25, -0.2) is 9.59 Å². The second kappa shape index (κ2) is 7.83. The Kier molecular flexibility index (Phi) is 5.52. The minimum atomic E-state index is -1.03. The zero-order valence-electron chi connectivity index (χ0n) is 14.7. The van der Waals surface area contributed by atoms with Gasteiger partial charge in [-0.2, -0.15) is 11.8 Å². The van der Waals surface area contributed by atoms with E-state index in [1.807, 2.05) is 42.7 Å². The van der Waals surface area contributed by atoms with Crippen LogP contribution in [-0.4, -0.2) is 53.8 Å². The fourth-order valence-corrected chi connectivity index (χ4v) is 4.01. The van der Waals surface area contributed by atoms with Gasteiger partial charge >= 0.3 is 12.1 Å².